The van der Waals surface area contributed by atoms with Crippen LogP contribution in [-0.2, 0) is 14.3 Å². The zero-order chi connectivity index (χ0) is 20.3. The number of hydrogen-bond donors (Lipinski definition) is 1. The van der Waals surface area contributed by atoms with Crippen LogP contribution in [0.4, 0.5) is 5.00 Å². The molecular formula is C18H16N2O5S3. The van der Waals surface area contributed by atoms with E-state index < -0.39 is 11.9 Å². The van der Waals surface area contributed by atoms with Crippen molar-refractivity contribution in [2.45, 2.75) is 11.3 Å². The summed E-state index contributed by atoms with van der Waals surface area (Å²) in [4.78, 5) is 41.1. The van der Waals surface area contributed by atoms with Gasteiger partial charge in [0, 0.05) is 0 Å². The largest absolute Gasteiger partial charge is 0.465 e. The molecule has 10 heteroatoms. The zero-order valence-corrected chi connectivity index (χ0v) is 17.7. The Kier molecular flexibility index (Phi) is 6.32. The van der Waals surface area contributed by atoms with Gasteiger partial charge >= 0.3 is 11.9 Å². The topological polar surface area (TPSA) is 94.6 Å². The number of ether oxygens (including phenoxy) is 2. The number of carbonyl (C=O) groups excluding carboxylic acids is 3. The van der Waals surface area contributed by atoms with Gasteiger partial charge in [-0.15, -0.1) is 22.7 Å². The lowest BCUT2D eigenvalue weighted by atomic mass is 10.1. The Labute approximate surface area is 173 Å². The number of thioether (sulfide) groups is 1. The van der Waals surface area contributed by atoms with Gasteiger partial charge in [-0.25, -0.2) is 14.6 Å². The highest BCUT2D eigenvalue weighted by Gasteiger charge is 2.26. The standard InChI is InChI=1S/C18H16N2O5S3/c1-9-13(16(22)24-2)15(28-14(9)17(23)25-3)20-12(21)8-26-18-19-10-6-4-5-7-11(10)27-18/h4-7H,8H2,1-3H3,(H,20,21). The molecule has 2 heterocycles. The summed E-state index contributed by atoms with van der Waals surface area (Å²) in [7, 11) is 2.50. The highest BCUT2D eigenvalue weighted by Crippen LogP contribution is 2.35. The highest BCUT2D eigenvalue weighted by atomic mass is 32.2. The third-order valence-corrected chi connectivity index (χ3v) is 7.13. The first-order valence-electron chi connectivity index (χ1n) is 8.02. The molecule has 7 nitrogen and oxygen atoms in total. The minimum atomic E-state index is -0.627. The normalized spacial score (nSPS) is 10.7. The van der Waals surface area contributed by atoms with Gasteiger partial charge in [0.05, 0.1) is 35.8 Å². The van der Waals surface area contributed by atoms with Crippen molar-refractivity contribution in [3.05, 3.63) is 40.3 Å². The molecule has 0 aliphatic heterocycles. The summed E-state index contributed by atoms with van der Waals surface area (Å²) in [5.41, 5.74) is 1.46. The molecule has 0 spiro atoms. The predicted octanol–water partition coefficient (Wildman–Crippen LogP) is 3.97. The van der Waals surface area contributed by atoms with Crippen LogP contribution >= 0.6 is 34.4 Å². The number of esters is 2. The zero-order valence-electron chi connectivity index (χ0n) is 15.2. The molecule has 1 N–H and O–H groups in total. The number of rotatable bonds is 6. The number of fused-ring (bicyclic) bond motifs is 1. The molecule has 146 valence electrons. The fourth-order valence-electron chi connectivity index (χ4n) is 2.44. The number of thiophene rings is 1. The van der Waals surface area contributed by atoms with Gasteiger partial charge in [-0.2, -0.15) is 0 Å². The SMILES string of the molecule is COC(=O)c1sc(NC(=O)CSc2nc3ccccc3s2)c(C(=O)OC)c1C. The number of nitrogens with zero attached hydrogens (tertiary/aromatic N) is 1. The number of anilines is 1. The molecule has 1 aromatic carbocycles. The van der Waals surface area contributed by atoms with Crippen molar-refractivity contribution in [1.29, 1.82) is 0 Å². The van der Waals surface area contributed by atoms with Crippen molar-refractivity contribution >= 4 is 67.5 Å². The number of para-hydroxylation sites is 1. The van der Waals surface area contributed by atoms with Crippen LogP contribution in [-0.4, -0.2) is 42.8 Å². The predicted molar refractivity (Wildman–Crippen MR) is 111 cm³/mol. The number of amides is 1. The van der Waals surface area contributed by atoms with E-state index in [4.69, 9.17) is 9.47 Å². The third-order valence-electron chi connectivity index (χ3n) is 3.76. The molecule has 2 aromatic heterocycles. The van der Waals surface area contributed by atoms with E-state index in [0.29, 0.717) is 5.56 Å². The Morgan fingerprint density at radius 3 is 2.50 bits per heavy atom. The molecule has 0 saturated heterocycles. The van der Waals surface area contributed by atoms with Gasteiger partial charge in [0.25, 0.3) is 0 Å². The van der Waals surface area contributed by atoms with Crippen molar-refractivity contribution < 1.29 is 23.9 Å². The van der Waals surface area contributed by atoms with Crippen molar-refractivity contribution in [3.63, 3.8) is 0 Å². The van der Waals surface area contributed by atoms with Gasteiger partial charge in [-0.3, -0.25) is 4.79 Å². The van der Waals surface area contributed by atoms with Crippen LogP contribution in [0.3, 0.4) is 0 Å². The molecule has 28 heavy (non-hydrogen) atoms. The maximum absolute atomic E-state index is 12.4. The Hall–Kier alpha value is -2.43. The molecule has 0 aliphatic rings. The van der Waals surface area contributed by atoms with Crippen LogP contribution in [0.2, 0.25) is 0 Å². The summed E-state index contributed by atoms with van der Waals surface area (Å²) < 4.78 is 11.3. The van der Waals surface area contributed by atoms with Gasteiger partial charge in [-0.1, -0.05) is 23.9 Å². The monoisotopic (exact) mass is 436 g/mol. The molecule has 0 unspecified atom stereocenters. The molecule has 0 saturated carbocycles. The number of aromatic nitrogens is 1. The molecule has 1 amide bonds. The highest BCUT2D eigenvalue weighted by molar-refractivity contribution is 8.01. The summed E-state index contributed by atoms with van der Waals surface area (Å²) >= 11 is 3.80. The second-order valence-corrected chi connectivity index (χ2v) is 8.80. The first-order valence-corrected chi connectivity index (χ1v) is 10.6. The van der Waals surface area contributed by atoms with Gasteiger partial charge in [0.1, 0.15) is 9.88 Å². The quantitative estimate of drug-likeness (QED) is 0.461. The summed E-state index contributed by atoms with van der Waals surface area (Å²) in [5, 5.41) is 2.96. The van der Waals surface area contributed by atoms with E-state index in [0.717, 1.165) is 25.9 Å². The maximum atomic E-state index is 12.4. The van der Waals surface area contributed by atoms with Gasteiger partial charge in [0.15, 0.2) is 4.34 Å². The van der Waals surface area contributed by atoms with Crippen LogP contribution in [0.25, 0.3) is 10.2 Å². The Morgan fingerprint density at radius 2 is 1.82 bits per heavy atom. The summed E-state index contributed by atoms with van der Waals surface area (Å²) in [6.07, 6.45) is 0. The molecule has 0 radical (unpaired) electrons. The van der Waals surface area contributed by atoms with E-state index in [1.165, 1.54) is 37.3 Å². The van der Waals surface area contributed by atoms with E-state index in [-0.39, 0.29) is 27.1 Å². The average Bonchev–Trinajstić information content (AvgIpc) is 3.25. The first kappa shape index (κ1) is 20.3. The fourth-order valence-corrected chi connectivity index (χ4v) is 5.44. The fraction of sp³-hybridized carbons (Fsp3) is 0.222. The minimum Gasteiger partial charge on any atom is -0.465 e. The molecular weight excluding hydrogens is 420 g/mol. The number of hydrogen-bond acceptors (Lipinski definition) is 9. The van der Waals surface area contributed by atoms with E-state index in [2.05, 4.69) is 10.3 Å². The van der Waals surface area contributed by atoms with Gasteiger partial charge < -0.3 is 14.8 Å². The number of nitrogens with one attached hydrogen (secondary N) is 1. The van der Waals surface area contributed by atoms with E-state index in [9.17, 15) is 14.4 Å². The second-order valence-electron chi connectivity index (χ2n) is 5.53. The Bertz CT molecular complexity index is 1020. The molecule has 0 bridgehead atoms. The minimum absolute atomic E-state index is 0.116. The van der Waals surface area contributed by atoms with Crippen molar-refractivity contribution in [2.75, 3.05) is 25.3 Å². The lowest BCUT2D eigenvalue weighted by Crippen LogP contribution is -2.16. The number of benzene rings is 1. The summed E-state index contributed by atoms with van der Waals surface area (Å²) in [6.45, 7) is 1.61. The van der Waals surface area contributed by atoms with Gasteiger partial charge in [-0.05, 0) is 24.6 Å². The first-order chi connectivity index (χ1) is 13.4. The van der Waals surface area contributed by atoms with E-state index in [1.807, 2.05) is 24.3 Å². The van der Waals surface area contributed by atoms with Crippen molar-refractivity contribution in [1.82, 2.24) is 4.98 Å². The smallest absolute Gasteiger partial charge is 0.348 e. The van der Waals surface area contributed by atoms with Crippen LogP contribution in [0.15, 0.2) is 28.6 Å². The molecule has 0 aliphatic carbocycles. The van der Waals surface area contributed by atoms with Crippen molar-refractivity contribution in [2.24, 2.45) is 0 Å². The maximum Gasteiger partial charge on any atom is 0.348 e. The van der Waals surface area contributed by atoms with Crippen molar-refractivity contribution in [3.8, 4) is 0 Å². The van der Waals surface area contributed by atoms with Gasteiger partial charge in [0.2, 0.25) is 5.91 Å². The van der Waals surface area contributed by atoms with Crippen LogP contribution in [0.5, 0.6) is 0 Å². The van der Waals surface area contributed by atoms with Crippen LogP contribution < -0.4 is 5.32 Å². The average molecular weight is 437 g/mol. The lowest BCUT2D eigenvalue weighted by molar-refractivity contribution is -0.113. The van der Waals surface area contributed by atoms with E-state index >= 15 is 0 Å². The molecule has 3 rings (SSSR count). The van der Waals surface area contributed by atoms with E-state index in [1.54, 1.807) is 6.92 Å². The second kappa shape index (κ2) is 8.72. The molecule has 3 aromatic rings. The number of methoxy groups -OCH3 is 2. The third kappa shape index (κ3) is 4.18. The van der Waals surface area contributed by atoms with Crippen LogP contribution in [0.1, 0.15) is 25.6 Å². The summed E-state index contributed by atoms with van der Waals surface area (Å²) in [6, 6.07) is 7.74. The number of carbonyl (C=O) groups is 3. The number of thiazole rings is 1. The Balaban J connectivity index is 1.75. The molecule has 0 fully saturated rings. The summed E-state index contributed by atoms with van der Waals surface area (Å²) in [5.74, 6) is -1.40. The molecule has 0 atom stereocenters. The Morgan fingerprint density at radius 1 is 1.11 bits per heavy atom. The lowest BCUT2D eigenvalue weighted by Gasteiger charge is -2.05. The van der Waals surface area contributed by atoms with Crippen LogP contribution in [0, 0.1) is 6.92 Å².